The van der Waals surface area contributed by atoms with Crippen LogP contribution in [-0.4, -0.2) is 81.3 Å². The lowest BCUT2D eigenvalue weighted by atomic mass is 10.0. The van der Waals surface area contributed by atoms with E-state index in [1.54, 1.807) is 0 Å². The number of carbonyl (C=O) groups is 1. The van der Waals surface area contributed by atoms with Gasteiger partial charge in [0.1, 0.15) is 6.04 Å². The summed E-state index contributed by atoms with van der Waals surface area (Å²) < 4.78 is 30.3. The highest BCUT2D eigenvalue weighted by Gasteiger charge is 2.34. The molecule has 0 spiro atoms. The van der Waals surface area contributed by atoms with Crippen LogP contribution < -0.4 is 5.32 Å². The highest BCUT2D eigenvalue weighted by molar-refractivity contribution is 7.88. The number of amides is 1. The average Bonchev–Trinajstić information content (AvgIpc) is 2.47. The van der Waals surface area contributed by atoms with E-state index in [2.05, 4.69) is 10.2 Å². The second-order valence-corrected chi connectivity index (χ2v) is 8.14. The van der Waals surface area contributed by atoms with Crippen LogP contribution in [0.2, 0.25) is 0 Å². The van der Waals surface area contributed by atoms with Crippen molar-refractivity contribution in [1.82, 2.24) is 14.5 Å². The van der Waals surface area contributed by atoms with Crippen molar-refractivity contribution in [2.45, 2.75) is 38.3 Å². The molecule has 0 saturated carbocycles. The first-order valence-corrected chi connectivity index (χ1v) is 9.80. The molecule has 0 aromatic carbocycles. The van der Waals surface area contributed by atoms with Crippen LogP contribution in [0.1, 0.15) is 26.2 Å². The summed E-state index contributed by atoms with van der Waals surface area (Å²) in [4.78, 5) is 14.7. The number of sulfonamides is 1. The minimum Gasteiger partial charge on any atom is -0.379 e. The smallest absolute Gasteiger partial charge is 0.238 e. The minimum absolute atomic E-state index is 0.00561. The van der Waals surface area contributed by atoms with Crippen molar-refractivity contribution in [3.8, 4) is 0 Å². The zero-order valence-corrected chi connectivity index (χ0v) is 14.3. The van der Waals surface area contributed by atoms with Gasteiger partial charge < -0.3 is 10.1 Å². The summed E-state index contributed by atoms with van der Waals surface area (Å²) in [5.41, 5.74) is 0. The Hall–Kier alpha value is -0.700. The molecule has 2 atom stereocenters. The highest BCUT2D eigenvalue weighted by atomic mass is 32.2. The third-order valence-electron chi connectivity index (χ3n) is 4.21. The molecule has 0 aliphatic carbocycles. The standard InChI is InChI=1S/C14H27N3O4S/c1-12(11-16-7-9-21-10-8-16)15-14(18)13-5-3-4-6-17(13)22(2,19)20/h12-13H,3-11H2,1-2H3,(H,15,18)/t12-,13-/m1/s1. The molecule has 1 N–H and O–H groups in total. The van der Waals surface area contributed by atoms with E-state index in [0.29, 0.717) is 13.0 Å². The molecule has 2 saturated heterocycles. The molecule has 2 aliphatic rings. The Balaban J connectivity index is 1.89. The molecule has 22 heavy (non-hydrogen) atoms. The van der Waals surface area contributed by atoms with E-state index in [-0.39, 0.29) is 11.9 Å². The molecule has 7 nitrogen and oxygen atoms in total. The second-order valence-electron chi connectivity index (χ2n) is 6.21. The molecule has 8 heteroatoms. The molecular formula is C14H27N3O4S. The summed E-state index contributed by atoms with van der Waals surface area (Å²) in [7, 11) is -3.34. The highest BCUT2D eigenvalue weighted by Crippen LogP contribution is 2.20. The zero-order valence-electron chi connectivity index (χ0n) is 13.5. The van der Waals surface area contributed by atoms with Gasteiger partial charge in [0, 0.05) is 32.2 Å². The van der Waals surface area contributed by atoms with Crippen molar-refractivity contribution in [1.29, 1.82) is 0 Å². The van der Waals surface area contributed by atoms with Gasteiger partial charge in [0.05, 0.1) is 19.5 Å². The maximum absolute atomic E-state index is 12.4. The lowest BCUT2D eigenvalue weighted by Crippen LogP contribution is -2.54. The fourth-order valence-electron chi connectivity index (χ4n) is 3.12. The number of morpholine rings is 1. The van der Waals surface area contributed by atoms with Crippen molar-refractivity contribution >= 4 is 15.9 Å². The third kappa shape index (κ3) is 4.91. The predicted molar refractivity (Wildman–Crippen MR) is 84.1 cm³/mol. The molecule has 2 aliphatic heterocycles. The second kappa shape index (κ2) is 7.72. The average molecular weight is 333 g/mol. The SMILES string of the molecule is C[C@H](CN1CCOCC1)NC(=O)[C@H]1CCCCN1S(C)(=O)=O. The molecule has 128 valence electrons. The molecule has 2 rings (SSSR count). The molecule has 2 fully saturated rings. The van der Waals surface area contributed by atoms with E-state index >= 15 is 0 Å². The van der Waals surface area contributed by atoms with E-state index < -0.39 is 16.1 Å². The molecule has 2 heterocycles. The van der Waals surface area contributed by atoms with E-state index in [1.165, 1.54) is 10.6 Å². The third-order valence-corrected chi connectivity index (χ3v) is 5.50. The van der Waals surface area contributed by atoms with Crippen LogP contribution in [0, 0.1) is 0 Å². The first kappa shape index (κ1) is 17.7. The summed E-state index contributed by atoms with van der Waals surface area (Å²) >= 11 is 0. The number of rotatable bonds is 5. The van der Waals surface area contributed by atoms with Crippen LogP contribution >= 0.6 is 0 Å². The summed E-state index contributed by atoms with van der Waals surface area (Å²) in [5, 5.41) is 2.97. The molecule has 0 radical (unpaired) electrons. The molecule has 0 aromatic rings. The van der Waals surface area contributed by atoms with Gasteiger partial charge in [-0.2, -0.15) is 4.31 Å². The van der Waals surface area contributed by atoms with Gasteiger partial charge >= 0.3 is 0 Å². The molecular weight excluding hydrogens is 306 g/mol. The van der Waals surface area contributed by atoms with Crippen LogP contribution in [0.5, 0.6) is 0 Å². The van der Waals surface area contributed by atoms with Crippen LogP contribution in [-0.2, 0) is 19.6 Å². The number of nitrogens with one attached hydrogen (secondary N) is 1. The number of hydrogen-bond donors (Lipinski definition) is 1. The quantitative estimate of drug-likeness (QED) is 0.743. The fourth-order valence-corrected chi connectivity index (χ4v) is 4.24. The largest absolute Gasteiger partial charge is 0.379 e. The fraction of sp³-hybridized carbons (Fsp3) is 0.929. The maximum atomic E-state index is 12.4. The van der Waals surface area contributed by atoms with E-state index in [4.69, 9.17) is 4.74 Å². The van der Waals surface area contributed by atoms with Crippen LogP contribution in [0.15, 0.2) is 0 Å². The topological polar surface area (TPSA) is 79.0 Å². The monoisotopic (exact) mass is 333 g/mol. The van der Waals surface area contributed by atoms with Gasteiger partial charge in [-0.15, -0.1) is 0 Å². The first-order chi connectivity index (χ1) is 10.4. The van der Waals surface area contributed by atoms with Crippen molar-refractivity contribution < 1.29 is 17.9 Å². The van der Waals surface area contributed by atoms with Gasteiger partial charge in [-0.3, -0.25) is 9.69 Å². The summed E-state index contributed by atoms with van der Waals surface area (Å²) in [6.07, 6.45) is 3.49. The summed E-state index contributed by atoms with van der Waals surface area (Å²) in [6, 6.07) is -0.565. The van der Waals surface area contributed by atoms with Gasteiger partial charge in [0.15, 0.2) is 0 Å². The van der Waals surface area contributed by atoms with Gasteiger partial charge in [0.2, 0.25) is 15.9 Å². The Morgan fingerprint density at radius 2 is 1.95 bits per heavy atom. The van der Waals surface area contributed by atoms with E-state index in [0.717, 1.165) is 45.7 Å². The zero-order chi connectivity index (χ0) is 16.2. The Labute approximate surface area is 133 Å². The molecule has 0 aromatic heterocycles. The molecule has 0 unspecified atom stereocenters. The van der Waals surface area contributed by atoms with Crippen molar-refractivity contribution in [2.75, 3.05) is 45.6 Å². The Morgan fingerprint density at radius 1 is 1.27 bits per heavy atom. The Kier molecular flexibility index (Phi) is 6.19. The van der Waals surface area contributed by atoms with Crippen LogP contribution in [0.3, 0.4) is 0 Å². The van der Waals surface area contributed by atoms with Crippen molar-refractivity contribution in [2.24, 2.45) is 0 Å². The van der Waals surface area contributed by atoms with Crippen molar-refractivity contribution in [3.05, 3.63) is 0 Å². The number of piperidine rings is 1. The van der Waals surface area contributed by atoms with Crippen molar-refractivity contribution in [3.63, 3.8) is 0 Å². The van der Waals surface area contributed by atoms with E-state index in [1.807, 2.05) is 6.92 Å². The number of ether oxygens (including phenoxy) is 1. The van der Waals surface area contributed by atoms with E-state index in [9.17, 15) is 13.2 Å². The summed E-state index contributed by atoms with van der Waals surface area (Å²) in [5.74, 6) is -0.175. The molecule has 0 bridgehead atoms. The Bertz CT molecular complexity index is 476. The number of nitrogens with zero attached hydrogens (tertiary/aromatic N) is 2. The molecule has 1 amide bonds. The number of carbonyl (C=O) groups excluding carboxylic acids is 1. The van der Waals surface area contributed by atoms with Gasteiger partial charge in [-0.05, 0) is 19.8 Å². The van der Waals surface area contributed by atoms with Crippen LogP contribution in [0.4, 0.5) is 0 Å². The maximum Gasteiger partial charge on any atom is 0.238 e. The normalized spacial score (nSPS) is 26.5. The first-order valence-electron chi connectivity index (χ1n) is 7.95. The predicted octanol–water partition coefficient (Wildman–Crippen LogP) is -0.363. The number of hydrogen-bond acceptors (Lipinski definition) is 5. The van der Waals surface area contributed by atoms with Gasteiger partial charge in [-0.25, -0.2) is 8.42 Å². The lowest BCUT2D eigenvalue weighted by Gasteiger charge is -2.34. The van der Waals surface area contributed by atoms with Gasteiger partial charge in [0.25, 0.3) is 0 Å². The Morgan fingerprint density at radius 3 is 2.59 bits per heavy atom. The van der Waals surface area contributed by atoms with Crippen LogP contribution in [0.25, 0.3) is 0 Å². The van der Waals surface area contributed by atoms with Gasteiger partial charge in [-0.1, -0.05) is 6.42 Å². The minimum atomic E-state index is -3.34. The lowest BCUT2D eigenvalue weighted by molar-refractivity contribution is -0.126. The summed E-state index contributed by atoms with van der Waals surface area (Å²) in [6.45, 7) is 6.37.